The molecule has 4 rings (SSSR count). The highest BCUT2D eigenvalue weighted by Crippen LogP contribution is 2.33. The Morgan fingerprint density at radius 3 is 2.38 bits per heavy atom. The Bertz CT molecular complexity index is 1170. The van der Waals surface area contributed by atoms with Crippen molar-refractivity contribution in [2.24, 2.45) is 0 Å². The van der Waals surface area contributed by atoms with Gasteiger partial charge in [-0.05, 0) is 56.5 Å². The zero-order chi connectivity index (χ0) is 22.9. The number of nitrogens with zero attached hydrogens (tertiary/aromatic N) is 3. The average Bonchev–Trinajstić information content (AvgIpc) is 3.14. The molecular weight excluding hydrogens is 430 g/mol. The maximum atomic E-state index is 13.6. The van der Waals surface area contributed by atoms with Crippen molar-refractivity contribution in [3.05, 3.63) is 75.2 Å². The quantitative estimate of drug-likeness (QED) is 0.501. The second-order valence-corrected chi connectivity index (χ2v) is 10.2. The van der Waals surface area contributed by atoms with Gasteiger partial charge in [0.15, 0.2) is 9.84 Å². The molecule has 1 fully saturated rings. The summed E-state index contributed by atoms with van der Waals surface area (Å²) in [4.78, 5) is 28.3. The van der Waals surface area contributed by atoms with Crippen molar-refractivity contribution in [2.45, 2.75) is 32.2 Å². The fraction of sp³-hybridized carbons (Fsp3) is 0.348. The molecule has 0 aromatic heterocycles. The molecule has 0 bridgehead atoms. The first-order valence-electron chi connectivity index (χ1n) is 10.6. The van der Waals surface area contributed by atoms with Crippen molar-refractivity contribution in [3.63, 3.8) is 0 Å². The predicted octanol–water partition coefficient (Wildman–Crippen LogP) is 3.85. The van der Waals surface area contributed by atoms with Crippen LogP contribution in [0.15, 0.2) is 53.9 Å². The number of carbonyl (C=O) groups excluding carboxylic acids is 1. The number of piperidine rings is 1. The van der Waals surface area contributed by atoms with E-state index in [1.807, 2.05) is 24.0 Å². The number of nitro groups is 1. The first-order chi connectivity index (χ1) is 15.2. The van der Waals surface area contributed by atoms with Gasteiger partial charge < -0.3 is 9.80 Å². The van der Waals surface area contributed by atoms with Crippen LogP contribution < -0.4 is 9.80 Å². The molecular formula is C23H25N3O5S. The summed E-state index contributed by atoms with van der Waals surface area (Å²) in [6.07, 6.45) is 4.54. The van der Waals surface area contributed by atoms with Crippen molar-refractivity contribution in [1.82, 2.24) is 0 Å². The lowest BCUT2D eigenvalue weighted by molar-refractivity contribution is -0.384. The molecule has 1 amide bonds. The smallest absolute Gasteiger partial charge is 0.293 e. The second kappa shape index (κ2) is 8.74. The van der Waals surface area contributed by atoms with Gasteiger partial charge in [0, 0.05) is 35.8 Å². The van der Waals surface area contributed by atoms with E-state index >= 15 is 0 Å². The molecule has 0 aliphatic carbocycles. The molecule has 0 radical (unpaired) electrons. The van der Waals surface area contributed by atoms with Crippen LogP contribution in [0.1, 0.15) is 35.2 Å². The summed E-state index contributed by atoms with van der Waals surface area (Å²) < 4.78 is 24.1. The van der Waals surface area contributed by atoms with Crippen LogP contribution in [-0.2, 0) is 9.84 Å². The van der Waals surface area contributed by atoms with Crippen LogP contribution in [0.25, 0.3) is 0 Å². The summed E-state index contributed by atoms with van der Waals surface area (Å²) in [5.74, 6) is -0.700. The molecule has 2 aromatic rings. The van der Waals surface area contributed by atoms with E-state index in [2.05, 4.69) is 0 Å². The summed E-state index contributed by atoms with van der Waals surface area (Å²) in [5, 5.41) is 12.9. The number of rotatable bonds is 5. The molecule has 0 N–H and O–H groups in total. The van der Waals surface area contributed by atoms with Gasteiger partial charge in [-0.3, -0.25) is 14.9 Å². The highest BCUT2D eigenvalue weighted by Gasteiger charge is 2.33. The van der Waals surface area contributed by atoms with Gasteiger partial charge >= 0.3 is 0 Å². The Balaban J connectivity index is 1.73. The molecule has 2 heterocycles. The van der Waals surface area contributed by atoms with E-state index in [0.29, 0.717) is 11.4 Å². The van der Waals surface area contributed by atoms with Gasteiger partial charge in [-0.1, -0.05) is 17.7 Å². The molecule has 0 spiro atoms. The van der Waals surface area contributed by atoms with Crippen molar-refractivity contribution >= 4 is 32.8 Å². The molecule has 1 saturated heterocycles. The Labute approximate surface area is 187 Å². The number of hydrogen-bond donors (Lipinski definition) is 0. The molecule has 9 heteroatoms. The Hall–Kier alpha value is -3.20. The van der Waals surface area contributed by atoms with E-state index in [-0.39, 0.29) is 17.0 Å². The van der Waals surface area contributed by atoms with Crippen LogP contribution in [0.2, 0.25) is 0 Å². The topological polar surface area (TPSA) is 101 Å². The number of sulfone groups is 1. The fourth-order valence-electron chi connectivity index (χ4n) is 4.23. The van der Waals surface area contributed by atoms with Crippen LogP contribution >= 0.6 is 0 Å². The van der Waals surface area contributed by atoms with Gasteiger partial charge in [0.1, 0.15) is 5.69 Å². The maximum Gasteiger partial charge on any atom is 0.293 e. The standard InChI is InChI=1S/C23H25N3O5S/c1-17-5-8-19(9-6-17)25(20-11-14-32(30,31)16-20)23(27)18-7-10-21(22(15-18)26(28)29)24-12-3-2-4-13-24/h5-11,14-15,20H,2-4,12-13,16H2,1H3/t20-/m1/s1. The number of aryl methyl sites for hydroxylation is 1. The third kappa shape index (κ3) is 4.52. The Morgan fingerprint density at radius 1 is 1.09 bits per heavy atom. The molecule has 32 heavy (non-hydrogen) atoms. The van der Waals surface area contributed by atoms with E-state index in [9.17, 15) is 23.3 Å². The van der Waals surface area contributed by atoms with Crippen molar-refractivity contribution in [2.75, 3.05) is 28.6 Å². The minimum atomic E-state index is -3.40. The lowest BCUT2D eigenvalue weighted by atomic mass is 10.1. The third-order valence-corrected chi connectivity index (χ3v) is 7.27. The fourth-order valence-corrected chi connectivity index (χ4v) is 5.50. The molecule has 0 saturated carbocycles. The zero-order valence-corrected chi connectivity index (χ0v) is 18.6. The van der Waals surface area contributed by atoms with Gasteiger partial charge in [-0.15, -0.1) is 0 Å². The summed E-state index contributed by atoms with van der Waals surface area (Å²) in [6.45, 7) is 3.40. The summed E-state index contributed by atoms with van der Waals surface area (Å²) in [7, 11) is -3.40. The van der Waals surface area contributed by atoms with Crippen LogP contribution in [0.3, 0.4) is 0 Å². The van der Waals surface area contributed by atoms with Crippen LogP contribution in [0, 0.1) is 17.0 Å². The minimum absolute atomic E-state index is 0.115. The highest BCUT2D eigenvalue weighted by molar-refractivity contribution is 7.94. The normalized spacial score (nSPS) is 19.7. The summed E-state index contributed by atoms with van der Waals surface area (Å²) >= 11 is 0. The average molecular weight is 456 g/mol. The molecule has 8 nitrogen and oxygen atoms in total. The van der Waals surface area contributed by atoms with E-state index in [1.54, 1.807) is 24.3 Å². The lowest BCUT2D eigenvalue weighted by Gasteiger charge is -2.30. The van der Waals surface area contributed by atoms with Gasteiger partial charge in [-0.2, -0.15) is 0 Å². The number of amides is 1. The van der Waals surface area contributed by atoms with E-state index < -0.39 is 26.7 Å². The minimum Gasteiger partial charge on any atom is -0.366 e. The molecule has 168 valence electrons. The SMILES string of the molecule is Cc1ccc(N(C(=O)c2ccc(N3CCCCC3)c([N+](=O)[O-])c2)[C@@H]2C=CS(=O)(=O)C2)cc1. The first-order valence-corrected chi connectivity index (χ1v) is 12.3. The highest BCUT2D eigenvalue weighted by atomic mass is 32.2. The van der Waals surface area contributed by atoms with Crippen LogP contribution in [0.5, 0.6) is 0 Å². The van der Waals surface area contributed by atoms with Gasteiger partial charge in [0.2, 0.25) is 0 Å². The van der Waals surface area contributed by atoms with Gasteiger partial charge in [-0.25, -0.2) is 8.42 Å². The molecule has 1 atom stereocenters. The number of hydrogen-bond acceptors (Lipinski definition) is 6. The largest absolute Gasteiger partial charge is 0.366 e. The molecule has 2 aliphatic rings. The van der Waals surface area contributed by atoms with Gasteiger partial charge in [0.25, 0.3) is 11.6 Å². The number of nitro benzene ring substituents is 1. The van der Waals surface area contributed by atoms with Crippen LogP contribution in [0.4, 0.5) is 17.1 Å². The number of anilines is 2. The van der Waals surface area contributed by atoms with Crippen LogP contribution in [-0.4, -0.2) is 44.1 Å². The predicted molar refractivity (Wildman–Crippen MR) is 124 cm³/mol. The summed E-state index contributed by atoms with van der Waals surface area (Å²) in [5.41, 5.74) is 2.08. The first kappa shape index (κ1) is 22.0. The van der Waals surface area contributed by atoms with Crippen molar-refractivity contribution < 1.29 is 18.1 Å². The van der Waals surface area contributed by atoms with E-state index in [0.717, 1.165) is 43.3 Å². The lowest BCUT2D eigenvalue weighted by Crippen LogP contribution is -2.41. The molecule has 0 unspecified atom stereocenters. The Kier molecular flexibility index (Phi) is 6.01. The van der Waals surface area contributed by atoms with E-state index in [1.165, 1.54) is 17.0 Å². The number of carbonyl (C=O) groups is 1. The third-order valence-electron chi connectivity index (χ3n) is 5.89. The monoisotopic (exact) mass is 455 g/mol. The zero-order valence-electron chi connectivity index (χ0n) is 17.8. The second-order valence-electron chi connectivity index (χ2n) is 8.24. The Morgan fingerprint density at radius 2 is 1.78 bits per heavy atom. The van der Waals surface area contributed by atoms with Gasteiger partial charge in [0.05, 0.1) is 16.7 Å². The maximum absolute atomic E-state index is 13.6. The summed E-state index contributed by atoms with van der Waals surface area (Å²) in [6, 6.07) is 11.0. The molecule has 2 aromatic carbocycles. The van der Waals surface area contributed by atoms with E-state index in [4.69, 9.17) is 0 Å². The number of benzene rings is 2. The molecule has 2 aliphatic heterocycles. The van der Waals surface area contributed by atoms with Crippen molar-refractivity contribution in [3.8, 4) is 0 Å². The van der Waals surface area contributed by atoms with Crippen molar-refractivity contribution in [1.29, 1.82) is 0 Å².